The molecule has 2 aromatic rings. The number of carbonyl (C=O) groups is 2. The van der Waals surface area contributed by atoms with Gasteiger partial charge >= 0.3 is 6.09 Å². The second kappa shape index (κ2) is 10.5. The van der Waals surface area contributed by atoms with Gasteiger partial charge in [0.05, 0.1) is 23.1 Å². The second-order valence-corrected chi connectivity index (χ2v) is 7.96. The van der Waals surface area contributed by atoms with Crippen LogP contribution in [0, 0.1) is 0 Å². The summed E-state index contributed by atoms with van der Waals surface area (Å²) in [6.07, 6.45) is 1.16. The molecule has 1 aromatic heterocycles. The van der Waals surface area contributed by atoms with E-state index in [1.807, 2.05) is 36.4 Å². The standard InChI is InChI=1S/C20H23ClN4O3S/c1-2-28-20(27)25-11-9-14(10-12-25)22-18(26)13-29-19-8-7-17(23-24-19)15-5-3-4-6-16(15)21/h3-8,14H,2,9-13H2,1H3,(H,22,26). The van der Waals surface area contributed by atoms with Gasteiger partial charge in [-0.25, -0.2) is 4.79 Å². The molecule has 0 atom stereocenters. The molecule has 0 unspecified atom stereocenters. The van der Waals surface area contributed by atoms with Crippen molar-refractivity contribution in [3.05, 3.63) is 41.4 Å². The zero-order chi connectivity index (χ0) is 20.6. The first-order valence-corrected chi connectivity index (χ1v) is 10.9. The normalized spacial score (nSPS) is 14.5. The van der Waals surface area contributed by atoms with Crippen LogP contribution < -0.4 is 5.32 Å². The third kappa shape index (κ3) is 6.08. The molecular formula is C20H23ClN4O3S. The maximum atomic E-state index is 12.2. The van der Waals surface area contributed by atoms with Crippen molar-refractivity contribution in [2.24, 2.45) is 0 Å². The SMILES string of the molecule is CCOC(=O)N1CCC(NC(=O)CSc2ccc(-c3ccccc3Cl)nn2)CC1. The molecule has 0 aliphatic carbocycles. The van der Waals surface area contributed by atoms with Crippen LogP contribution in [0.2, 0.25) is 5.02 Å². The van der Waals surface area contributed by atoms with Crippen LogP contribution in [-0.2, 0) is 9.53 Å². The highest BCUT2D eigenvalue weighted by molar-refractivity contribution is 7.99. The first-order chi connectivity index (χ1) is 14.1. The van der Waals surface area contributed by atoms with Crippen LogP contribution in [0.3, 0.4) is 0 Å². The number of amides is 2. The molecule has 0 bridgehead atoms. The molecule has 0 spiro atoms. The van der Waals surface area contributed by atoms with E-state index in [4.69, 9.17) is 16.3 Å². The van der Waals surface area contributed by atoms with Gasteiger partial charge in [0.1, 0.15) is 5.03 Å². The predicted molar refractivity (Wildman–Crippen MR) is 113 cm³/mol. The minimum atomic E-state index is -0.286. The fraction of sp³-hybridized carbons (Fsp3) is 0.400. The van der Waals surface area contributed by atoms with Gasteiger partial charge in [0.2, 0.25) is 5.91 Å². The summed E-state index contributed by atoms with van der Waals surface area (Å²) in [5, 5.41) is 12.7. The topological polar surface area (TPSA) is 84.4 Å². The van der Waals surface area contributed by atoms with E-state index in [1.165, 1.54) is 11.8 Å². The van der Waals surface area contributed by atoms with Gasteiger partial charge in [0.15, 0.2) is 0 Å². The van der Waals surface area contributed by atoms with E-state index in [9.17, 15) is 9.59 Å². The lowest BCUT2D eigenvalue weighted by molar-refractivity contribution is -0.119. The van der Waals surface area contributed by atoms with Crippen LogP contribution in [0.5, 0.6) is 0 Å². The maximum Gasteiger partial charge on any atom is 0.409 e. The lowest BCUT2D eigenvalue weighted by Gasteiger charge is -2.31. The van der Waals surface area contributed by atoms with Gasteiger partial charge in [0, 0.05) is 24.7 Å². The number of carbonyl (C=O) groups excluding carboxylic acids is 2. The molecule has 3 rings (SSSR count). The minimum Gasteiger partial charge on any atom is -0.450 e. The smallest absolute Gasteiger partial charge is 0.409 e. The van der Waals surface area contributed by atoms with Crippen LogP contribution >= 0.6 is 23.4 Å². The second-order valence-electron chi connectivity index (χ2n) is 6.55. The van der Waals surface area contributed by atoms with Crippen molar-refractivity contribution in [2.45, 2.75) is 30.8 Å². The molecule has 154 valence electrons. The maximum absolute atomic E-state index is 12.2. The van der Waals surface area contributed by atoms with Gasteiger partial charge in [-0.3, -0.25) is 4.79 Å². The highest BCUT2D eigenvalue weighted by Crippen LogP contribution is 2.26. The highest BCUT2D eigenvalue weighted by atomic mass is 35.5. The summed E-state index contributed by atoms with van der Waals surface area (Å²) in [5.74, 6) is 0.208. The van der Waals surface area contributed by atoms with Gasteiger partial charge in [-0.1, -0.05) is 41.6 Å². The molecule has 7 nitrogen and oxygen atoms in total. The van der Waals surface area contributed by atoms with Crippen molar-refractivity contribution in [3.63, 3.8) is 0 Å². The molecule has 1 aromatic carbocycles. The number of hydrogen-bond acceptors (Lipinski definition) is 6. The quantitative estimate of drug-likeness (QED) is 0.699. The van der Waals surface area contributed by atoms with Crippen molar-refractivity contribution < 1.29 is 14.3 Å². The van der Waals surface area contributed by atoms with E-state index in [0.717, 1.165) is 18.4 Å². The van der Waals surface area contributed by atoms with Crippen molar-refractivity contribution in [2.75, 3.05) is 25.4 Å². The Morgan fingerprint density at radius 2 is 1.97 bits per heavy atom. The Morgan fingerprint density at radius 1 is 1.21 bits per heavy atom. The minimum absolute atomic E-state index is 0.0541. The van der Waals surface area contributed by atoms with E-state index >= 15 is 0 Å². The van der Waals surface area contributed by atoms with Crippen LogP contribution in [-0.4, -0.2) is 58.6 Å². The van der Waals surface area contributed by atoms with Gasteiger partial charge in [-0.05, 0) is 38.0 Å². The fourth-order valence-corrected chi connectivity index (χ4v) is 3.90. The largest absolute Gasteiger partial charge is 0.450 e. The lowest BCUT2D eigenvalue weighted by Crippen LogP contribution is -2.47. The molecule has 2 heterocycles. The average molecular weight is 435 g/mol. The van der Waals surface area contributed by atoms with Crippen LogP contribution in [0.4, 0.5) is 4.79 Å². The first-order valence-electron chi connectivity index (χ1n) is 9.49. The zero-order valence-corrected chi connectivity index (χ0v) is 17.7. The Bertz CT molecular complexity index is 842. The number of nitrogens with one attached hydrogen (secondary N) is 1. The van der Waals surface area contributed by atoms with Crippen LogP contribution in [0.25, 0.3) is 11.3 Å². The van der Waals surface area contributed by atoms with Gasteiger partial charge in [-0.15, -0.1) is 10.2 Å². The summed E-state index contributed by atoms with van der Waals surface area (Å²) in [6.45, 7) is 3.34. The molecule has 0 saturated carbocycles. The summed E-state index contributed by atoms with van der Waals surface area (Å²) in [7, 11) is 0. The van der Waals surface area contributed by atoms with Crippen molar-refractivity contribution in [1.82, 2.24) is 20.4 Å². The number of thioether (sulfide) groups is 1. The first kappa shape index (κ1) is 21.4. The van der Waals surface area contributed by atoms with E-state index in [-0.39, 0.29) is 23.8 Å². The van der Waals surface area contributed by atoms with E-state index in [1.54, 1.807) is 11.8 Å². The third-order valence-corrected chi connectivity index (χ3v) is 5.78. The number of halogens is 1. The molecule has 1 aliphatic rings. The van der Waals surface area contributed by atoms with E-state index < -0.39 is 0 Å². The molecule has 0 radical (unpaired) electrons. The molecule has 1 saturated heterocycles. The molecular weight excluding hydrogens is 412 g/mol. The molecule has 9 heteroatoms. The number of rotatable bonds is 6. The van der Waals surface area contributed by atoms with Gasteiger partial charge < -0.3 is 15.0 Å². The Labute approximate surface area is 179 Å². The summed E-state index contributed by atoms with van der Waals surface area (Å²) >= 11 is 7.52. The van der Waals surface area contributed by atoms with E-state index in [0.29, 0.717) is 35.4 Å². The number of aromatic nitrogens is 2. The van der Waals surface area contributed by atoms with Crippen molar-refractivity contribution in [1.29, 1.82) is 0 Å². The lowest BCUT2D eigenvalue weighted by atomic mass is 10.1. The number of hydrogen-bond donors (Lipinski definition) is 1. The Balaban J connectivity index is 1.43. The molecule has 29 heavy (non-hydrogen) atoms. The Hall–Kier alpha value is -2.32. The summed E-state index contributed by atoms with van der Waals surface area (Å²) in [5.41, 5.74) is 1.52. The van der Waals surface area contributed by atoms with Crippen molar-refractivity contribution in [3.8, 4) is 11.3 Å². The molecule has 2 amide bonds. The number of piperidine rings is 1. The van der Waals surface area contributed by atoms with Crippen molar-refractivity contribution >= 4 is 35.4 Å². The summed E-state index contributed by atoms with van der Waals surface area (Å²) in [6, 6.07) is 11.2. The van der Waals surface area contributed by atoms with Crippen LogP contribution in [0.1, 0.15) is 19.8 Å². The van der Waals surface area contributed by atoms with Crippen LogP contribution in [0.15, 0.2) is 41.4 Å². The van der Waals surface area contributed by atoms with Gasteiger partial charge in [-0.2, -0.15) is 0 Å². The third-order valence-electron chi connectivity index (χ3n) is 4.53. The predicted octanol–water partition coefficient (Wildman–Crippen LogP) is 3.63. The molecule has 1 N–H and O–H groups in total. The average Bonchev–Trinajstić information content (AvgIpc) is 2.74. The Kier molecular flexibility index (Phi) is 7.71. The van der Waals surface area contributed by atoms with E-state index in [2.05, 4.69) is 15.5 Å². The number of ether oxygens (including phenoxy) is 1. The Morgan fingerprint density at radius 3 is 2.62 bits per heavy atom. The number of nitrogens with zero attached hydrogens (tertiary/aromatic N) is 3. The number of benzene rings is 1. The molecule has 1 aliphatic heterocycles. The monoisotopic (exact) mass is 434 g/mol. The summed E-state index contributed by atoms with van der Waals surface area (Å²) < 4.78 is 5.00. The summed E-state index contributed by atoms with van der Waals surface area (Å²) in [4.78, 5) is 25.6. The van der Waals surface area contributed by atoms with Gasteiger partial charge in [0.25, 0.3) is 0 Å². The highest BCUT2D eigenvalue weighted by Gasteiger charge is 2.24. The number of likely N-dealkylation sites (tertiary alicyclic amines) is 1. The zero-order valence-electron chi connectivity index (χ0n) is 16.1. The molecule has 1 fully saturated rings. The fourth-order valence-electron chi connectivity index (χ4n) is 3.04.